The van der Waals surface area contributed by atoms with E-state index in [4.69, 9.17) is 10.2 Å². The van der Waals surface area contributed by atoms with Gasteiger partial charge in [0.15, 0.2) is 5.76 Å². The topological polar surface area (TPSA) is 85.3 Å². The van der Waals surface area contributed by atoms with Gasteiger partial charge in [0.25, 0.3) is 11.8 Å². The number of hydrogen-bond acceptors (Lipinski definition) is 3. The molecule has 20 heavy (non-hydrogen) atoms. The summed E-state index contributed by atoms with van der Waals surface area (Å²) in [5, 5.41) is 2.43. The molecule has 0 radical (unpaired) electrons. The Bertz CT molecular complexity index is 663. The van der Waals surface area contributed by atoms with Crippen LogP contribution in [0.1, 0.15) is 16.1 Å². The number of nitrogens with two attached hydrogens (primary N) is 1. The minimum absolute atomic E-state index is 0.00972. The van der Waals surface area contributed by atoms with Crippen molar-refractivity contribution >= 4 is 33.8 Å². The third-order valence-electron chi connectivity index (χ3n) is 2.42. The Kier molecular flexibility index (Phi) is 4.37. The Labute approximate surface area is 123 Å². The maximum absolute atomic E-state index is 11.8. The number of benzene rings is 1. The van der Waals surface area contributed by atoms with Gasteiger partial charge in [0.05, 0.1) is 6.26 Å². The molecule has 6 heteroatoms. The van der Waals surface area contributed by atoms with Crippen molar-refractivity contribution < 1.29 is 14.0 Å². The van der Waals surface area contributed by atoms with Crippen LogP contribution in [0.25, 0.3) is 6.08 Å². The van der Waals surface area contributed by atoms with Crippen molar-refractivity contribution in [2.45, 2.75) is 0 Å². The number of rotatable bonds is 4. The van der Waals surface area contributed by atoms with Gasteiger partial charge < -0.3 is 15.5 Å². The van der Waals surface area contributed by atoms with Crippen LogP contribution in [0, 0.1) is 0 Å². The Hall–Kier alpha value is -2.34. The van der Waals surface area contributed by atoms with Crippen LogP contribution in [0.2, 0.25) is 0 Å². The molecule has 1 aromatic carbocycles. The monoisotopic (exact) mass is 334 g/mol. The maximum Gasteiger partial charge on any atom is 0.291 e. The van der Waals surface area contributed by atoms with Gasteiger partial charge in [-0.25, -0.2) is 0 Å². The van der Waals surface area contributed by atoms with E-state index in [-0.39, 0.29) is 11.5 Å². The molecule has 102 valence electrons. The predicted molar refractivity (Wildman–Crippen MR) is 77.5 cm³/mol. The number of halogens is 1. The van der Waals surface area contributed by atoms with Crippen LogP contribution in [0.15, 0.2) is 57.2 Å². The second-order valence-electron chi connectivity index (χ2n) is 3.91. The van der Waals surface area contributed by atoms with Crippen LogP contribution in [-0.4, -0.2) is 11.8 Å². The second kappa shape index (κ2) is 6.21. The molecule has 1 aromatic heterocycles. The third-order valence-corrected chi connectivity index (χ3v) is 2.91. The molecule has 0 fully saturated rings. The lowest BCUT2D eigenvalue weighted by atomic mass is 10.2. The normalized spacial score (nSPS) is 11.2. The average Bonchev–Trinajstić information content (AvgIpc) is 2.91. The maximum atomic E-state index is 11.8. The zero-order valence-corrected chi connectivity index (χ0v) is 11.9. The molecule has 1 heterocycles. The number of carbonyl (C=O) groups excluding carboxylic acids is 2. The SMILES string of the molecule is NC(=O)/C(=C/c1cccc(Br)c1)NC(=O)c1ccco1. The van der Waals surface area contributed by atoms with Crippen molar-refractivity contribution in [1.29, 1.82) is 0 Å². The fourth-order valence-corrected chi connectivity index (χ4v) is 1.94. The van der Waals surface area contributed by atoms with Gasteiger partial charge in [0.1, 0.15) is 5.70 Å². The van der Waals surface area contributed by atoms with E-state index >= 15 is 0 Å². The highest BCUT2D eigenvalue weighted by Gasteiger charge is 2.13. The zero-order valence-electron chi connectivity index (χ0n) is 10.3. The zero-order chi connectivity index (χ0) is 14.5. The standard InChI is InChI=1S/C14H11BrN2O3/c15-10-4-1-3-9(7-10)8-11(13(16)18)17-14(19)12-5-2-6-20-12/h1-8H,(H2,16,18)(H,17,19)/b11-8-. The van der Waals surface area contributed by atoms with Crippen LogP contribution >= 0.6 is 15.9 Å². The summed E-state index contributed by atoms with van der Waals surface area (Å²) in [5.41, 5.74) is 5.98. The average molecular weight is 335 g/mol. The first-order valence-corrected chi connectivity index (χ1v) is 6.47. The summed E-state index contributed by atoms with van der Waals surface area (Å²) in [6.45, 7) is 0. The quantitative estimate of drug-likeness (QED) is 0.841. The molecule has 0 aliphatic rings. The van der Waals surface area contributed by atoms with Crippen molar-refractivity contribution in [1.82, 2.24) is 5.32 Å². The van der Waals surface area contributed by atoms with Gasteiger partial charge in [0, 0.05) is 4.47 Å². The molecule has 2 rings (SSSR count). The molecule has 0 bridgehead atoms. The van der Waals surface area contributed by atoms with Gasteiger partial charge in [-0.05, 0) is 35.9 Å². The van der Waals surface area contributed by atoms with E-state index in [2.05, 4.69) is 21.2 Å². The summed E-state index contributed by atoms with van der Waals surface area (Å²) in [7, 11) is 0. The van der Waals surface area contributed by atoms with Crippen molar-refractivity contribution in [3.63, 3.8) is 0 Å². The third kappa shape index (κ3) is 3.58. The number of furan rings is 1. The molecular weight excluding hydrogens is 324 g/mol. The summed E-state index contributed by atoms with van der Waals surface area (Å²) in [6.07, 6.45) is 2.87. The van der Waals surface area contributed by atoms with Crippen LogP contribution < -0.4 is 11.1 Å². The molecule has 5 nitrogen and oxygen atoms in total. The molecule has 2 amide bonds. The summed E-state index contributed by atoms with van der Waals surface area (Å²) in [5.74, 6) is -1.16. The van der Waals surface area contributed by atoms with Gasteiger partial charge in [-0.15, -0.1) is 0 Å². The largest absolute Gasteiger partial charge is 0.459 e. The minimum Gasteiger partial charge on any atom is -0.459 e. The number of nitrogens with one attached hydrogen (secondary N) is 1. The van der Waals surface area contributed by atoms with E-state index in [1.807, 2.05) is 12.1 Å². The van der Waals surface area contributed by atoms with E-state index in [0.29, 0.717) is 0 Å². The van der Waals surface area contributed by atoms with E-state index in [1.54, 1.807) is 18.2 Å². The Morgan fingerprint density at radius 1 is 1.25 bits per heavy atom. The second-order valence-corrected chi connectivity index (χ2v) is 4.82. The highest BCUT2D eigenvalue weighted by molar-refractivity contribution is 9.10. The van der Waals surface area contributed by atoms with Crippen LogP contribution in [0.4, 0.5) is 0 Å². The van der Waals surface area contributed by atoms with E-state index < -0.39 is 11.8 Å². The first-order chi connectivity index (χ1) is 9.56. The smallest absolute Gasteiger partial charge is 0.291 e. The molecule has 0 spiro atoms. The lowest BCUT2D eigenvalue weighted by Crippen LogP contribution is -2.30. The number of carbonyl (C=O) groups is 2. The Morgan fingerprint density at radius 3 is 2.65 bits per heavy atom. The number of hydrogen-bond donors (Lipinski definition) is 2. The Balaban J connectivity index is 2.23. The molecule has 0 saturated carbocycles. The van der Waals surface area contributed by atoms with Gasteiger partial charge in [-0.3, -0.25) is 9.59 Å². The molecule has 0 aliphatic heterocycles. The summed E-state index contributed by atoms with van der Waals surface area (Å²) >= 11 is 3.32. The molecular formula is C14H11BrN2O3. The molecule has 0 aliphatic carbocycles. The molecule has 0 saturated heterocycles. The fraction of sp³-hybridized carbons (Fsp3) is 0. The molecule has 2 aromatic rings. The van der Waals surface area contributed by atoms with Gasteiger partial charge in [0.2, 0.25) is 0 Å². The number of primary amides is 1. The highest BCUT2D eigenvalue weighted by atomic mass is 79.9. The van der Waals surface area contributed by atoms with Crippen molar-refractivity contribution in [3.05, 3.63) is 64.2 Å². The van der Waals surface area contributed by atoms with Crippen molar-refractivity contribution in [2.75, 3.05) is 0 Å². The van der Waals surface area contributed by atoms with Crippen LogP contribution in [0.3, 0.4) is 0 Å². The van der Waals surface area contributed by atoms with E-state index in [1.165, 1.54) is 18.4 Å². The Morgan fingerprint density at radius 2 is 2.05 bits per heavy atom. The highest BCUT2D eigenvalue weighted by Crippen LogP contribution is 2.14. The van der Waals surface area contributed by atoms with Crippen molar-refractivity contribution in [2.24, 2.45) is 5.73 Å². The van der Waals surface area contributed by atoms with Gasteiger partial charge >= 0.3 is 0 Å². The molecule has 3 N–H and O–H groups in total. The van der Waals surface area contributed by atoms with Gasteiger partial charge in [-0.2, -0.15) is 0 Å². The van der Waals surface area contributed by atoms with Crippen LogP contribution in [-0.2, 0) is 4.79 Å². The first-order valence-electron chi connectivity index (χ1n) is 5.68. The van der Waals surface area contributed by atoms with Gasteiger partial charge in [-0.1, -0.05) is 28.1 Å². The summed E-state index contributed by atoms with van der Waals surface area (Å²) in [4.78, 5) is 23.2. The predicted octanol–water partition coefficient (Wildman–Crippen LogP) is 2.30. The minimum atomic E-state index is -0.732. The van der Waals surface area contributed by atoms with E-state index in [0.717, 1.165) is 10.0 Å². The first kappa shape index (κ1) is 14.1. The molecule has 0 atom stereocenters. The lowest BCUT2D eigenvalue weighted by molar-refractivity contribution is -0.114. The summed E-state index contributed by atoms with van der Waals surface area (Å²) < 4.78 is 5.80. The van der Waals surface area contributed by atoms with E-state index in [9.17, 15) is 9.59 Å². The number of amides is 2. The van der Waals surface area contributed by atoms with Crippen molar-refractivity contribution in [3.8, 4) is 0 Å². The summed E-state index contributed by atoms with van der Waals surface area (Å²) in [6, 6.07) is 10.3. The fourth-order valence-electron chi connectivity index (χ4n) is 1.52. The lowest BCUT2D eigenvalue weighted by Gasteiger charge is -2.05. The molecule has 0 unspecified atom stereocenters. The van der Waals surface area contributed by atoms with Crippen LogP contribution in [0.5, 0.6) is 0 Å².